The molecule has 0 radical (unpaired) electrons. The fourth-order valence-electron chi connectivity index (χ4n) is 4.43. The maximum absolute atomic E-state index is 13.0. The van der Waals surface area contributed by atoms with Gasteiger partial charge in [-0.25, -0.2) is 8.42 Å². The molecule has 0 spiro atoms. The first kappa shape index (κ1) is 22.5. The van der Waals surface area contributed by atoms with Crippen LogP contribution in [0.25, 0.3) is 0 Å². The van der Waals surface area contributed by atoms with Crippen molar-refractivity contribution in [2.75, 3.05) is 25.9 Å². The Kier molecular flexibility index (Phi) is 7.22. The van der Waals surface area contributed by atoms with E-state index < -0.39 is 14.6 Å². The standard InChI is InChI=1S/C19H27ClN2O3S.ClH/c1-26(24,25)19(10-12-21-13-11-19)17(23)22-14-18(8-2-3-9-18)15-4-6-16(20)7-5-15;/h4-7,21H,2-3,8-14H2,1H3,(H,22,23);1H. The zero-order valence-electron chi connectivity index (χ0n) is 15.6. The van der Waals surface area contributed by atoms with Crippen LogP contribution in [0.1, 0.15) is 44.1 Å². The molecule has 1 heterocycles. The number of nitrogens with one attached hydrogen (secondary N) is 2. The van der Waals surface area contributed by atoms with Crippen molar-refractivity contribution in [3.8, 4) is 0 Å². The van der Waals surface area contributed by atoms with Crippen molar-refractivity contribution in [2.45, 2.75) is 48.7 Å². The first-order valence-electron chi connectivity index (χ1n) is 9.24. The van der Waals surface area contributed by atoms with Crippen LogP contribution >= 0.6 is 24.0 Å². The molecule has 27 heavy (non-hydrogen) atoms. The highest BCUT2D eigenvalue weighted by Crippen LogP contribution is 2.41. The highest BCUT2D eigenvalue weighted by atomic mass is 35.5. The van der Waals surface area contributed by atoms with E-state index in [-0.39, 0.29) is 23.7 Å². The summed E-state index contributed by atoms with van der Waals surface area (Å²) in [7, 11) is -3.49. The lowest BCUT2D eigenvalue weighted by Gasteiger charge is -2.36. The quantitative estimate of drug-likeness (QED) is 0.746. The third kappa shape index (κ3) is 4.44. The number of benzene rings is 1. The summed E-state index contributed by atoms with van der Waals surface area (Å²) < 4.78 is 23.6. The van der Waals surface area contributed by atoms with E-state index in [0.717, 1.165) is 25.7 Å². The van der Waals surface area contributed by atoms with Crippen molar-refractivity contribution in [3.63, 3.8) is 0 Å². The van der Waals surface area contributed by atoms with Gasteiger partial charge in [-0.05, 0) is 56.5 Å². The number of sulfone groups is 1. The molecule has 0 unspecified atom stereocenters. The number of rotatable bonds is 5. The molecule has 1 saturated heterocycles. The Morgan fingerprint density at radius 3 is 2.19 bits per heavy atom. The van der Waals surface area contributed by atoms with Crippen LogP contribution in [-0.4, -0.2) is 45.0 Å². The van der Waals surface area contributed by atoms with Gasteiger partial charge < -0.3 is 10.6 Å². The fourth-order valence-corrected chi connectivity index (χ4v) is 5.91. The van der Waals surface area contributed by atoms with Gasteiger partial charge in [0.15, 0.2) is 14.6 Å². The molecule has 2 fully saturated rings. The molecule has 0 aromatic heterocycles. The molecule has 1 aliphatic heterocycles. The van der Waals surface area contributed by atoms with Gasteiger partial charge in [-0.15, -0.1) is 12.4 Å². The number of halogens is 2. The monoisotopic (exact) mass is 434 g/mol. The third-order valence-corrected chi connectivity index (χ3v) is 8.40. The van der Waals surface area contributed by atoms with Crippen LogP contribution in [0.2, 0.25) is 5.02 Å². The minimum Gasteiger partial charge on any atom is -0.354 e. The molecule has 0 atom stereocenters. The molecule has 1 aromatic carbocycles. The van der Waals surface area contributed by atoms with Crippen LogP contribution in [0.5, 0.6) is 0 Å². The highest BCUT2D eigenvalue weighted by Gasteiger charge is 2.49. The van der Waals surface area contributed by atoms with Crippen molar-refractivity contribution in [2.24, 2.45) is 0 Å². The zero-order chi connectivity index (χ0) is 18.8. The summed E-state index contributed by atoms with van der Waals surface area (Å²) in [6, 6.07) is 7.81. The molecule has 1 aliphatic carbocycles. The topological polar surface area (TPSA) is 75.3 Å². The van der Waals surface area contributed by atoms with E-state index in [2.05, 4.69) is 10.6 Å². The average molecular weight is 435 g/mol. The maximum Gasteiger partial charge on any atom is 0.241 e. The van der Waals surface area contributed by atoms with Crippen molar-refractivity contribution in [1.82, 2.24) is 10.6 Å². The molecule has 2 aliphatic rings. The van der Waals surface area contributed by atoms with E-state index in [1.54, 1.807) is 0 Å². The van der Waals surface area contributed by atoms with Crippen molar-refractivity contribution >= 4 is 39.8 Å². The molecule has 2 N–H and O–H groups in total. The maximum atomic E-state index is 13.0. The number of piperidine rings is 1. The highest BCUT2D eigenvalue weighted by molar-refractivity contribution is 7.92. The average Bonchev–Trinajstić information content (AvgIpc) is 3.10. The summed E-state index contributed by atoms with van der Waals surface area (Å²) >= 11 is 6.02. The Labute approximate surface area is 173 Å². The lowest BCUT2D eigenvalue weighted by Crippen LogP contribution is -2.58. The Bertz CT molecular complexity index is 754. The second kappa shape index (κ2) is 8.68. The van der Waals surface area contributed by atoms with Gasteiger partial charge in [-0.2, -0.15) is 0 Å². The molecule has 8 heteroatoms. The number of carbonyl (C=O) groups is 1. The van der Waals surface area contributed by atoms with Crippen LogP contribution in [0.3, 0.4) is 0 Å². The second-order valence-electron chi connectivity index (χ2n) is 7.69. The van der Waals surface area contributed by atoms with Crippen molar-refractivity contribution in [3.05, 3.63) is 34.9 Å². The predicted octanol–water partition coefficient (Wildman–Crippen LogP) is 2.86. The Balaban J connectivity index is 0.00000261. The molecule has 5 nitrogen and oxygen atoms in total. The fraction of sp³-hybridized carbons (Fsp3) is 0.632. The summed E-state index contributed by atoms with van der Waals surface area (Å²) in [4.78, 5) is 13.0. The molecular formula is C19H28Cl2N2O3S. The van der Waals surface area contributed by atoms with Gasteiger partial charge >= 0.3 is 0 Å². The minimum absolute atomic E-state index is 0. The molecular weight excluding hydrogens is 407 g/mol. The van der Waals surface area contributed by atoms with E-state index in [4.69, 9.17) is 11.6 Å². The zero-order valence-corrected chi connectivity index (χ0v) is 18.0. The summed E-state index contributed by atoms with van der Waals surface area (Å²) in [5.41, 5.74) is 1.03. The molecule has 1 aromatic rings. The Hall–Kier alpha value is -0.820. The normalized spacial score (nSPS) is 21.3. The van der Waals surface area contributed by atoms with Gasteiger partial charge in [0.2, 0.25) is 5.91 Å². The summed E-state index contributed by atoms with van der Waals surface area (Å²) in [5.74, 6) is -0.346. The molecule has 152 valence electrons. The minimum atomic E-state index is -3.49. The molecule has 1 saturated carbocycles. The third-order valence-electron chi connectivity index (χ3n) is 6.14. The molecule has 1 amide bonds. The largest absolute Gasteiger partial charge is 0.354 e. The summed E-state index contributed by atoms with van der Waals surface area (Å²) in [6.45, 7) is 1.56. The second-order valence-corrected chi connectivity index (χ2v) is 10.5. The van der Waals surface area contributed by atoms with E-state index in [1.165, 1.54) is 11.8 Å². The SMILES string of the molecule is CS(=O)(=O)C1(C(=O)NCC2(c3ccc(Cl)cc3)CCCC2)CCNCC1.Cl. The number of hydrogen-bond donors (Lipinski definition) is 2. The van der Waals surface area contributed by atoms with Gasteiger partial charge in [0.05, 0.1) is 0 Å². The van der Waals surface area contributed by atoms with E-state index in [9.17, 15) is 13.2 Å². The first-order valence-corrected chi connectivity index (χ1v) is 11.5. The van der Waals surface area contributed by atoms with Gasteiger partial charge in [-0.1, -0.05) is 36.6 Å². The number of amides is 1. The Morgan fingerprint density at radius 1 is 1.11 bits per heavy atom. The molecule has 3 rings (SSSR count). The van der Waals surface area contributed by atoms with Crippen LogP contribution in [-0.2, 0) is 20.0 Å². The predicted molar refractivity (Wildman–Crippen MR) is 112 cm³/mol. The van der Waals surface area contributed by atoms with Crippen molar-refractivity contribution in [1.29, 1.82) is 0 Å². The van der Waals surface area contributed by atoms with E-state index in [1.807, 2.05) is 24.3 Å². The summed E-state index contributed by atoms with van der Waals surface area (Å²) in [6.07, 6.45) is 6.03. The van der Waals surface area contributed by atoms with Crippen LogP contribution in [0.4, 0.5) is 0 Å². The Morgan fingerprint density at radius 2 is 1.67 bits per heavy atom. The lowest BCUT2D eigenvalue weighted by atomic mass is 9.78. The van der Waals surface area contributed by atoms with Gasteiger partial charge in [-0.3, -0.25) is 4.79 Å². The van der Waals surface area contributed by atoms with Gasteiger partial charge in [0, 0.05) is 23.2 Å². The molecule has 0 bridgehead atoms. The number of hydrogen-bond acceptors (Lipinski definition) is 4. The first-order chi connectivity index (χ1) is 12.3. The number of carbonyl (C=O) groups excluding carboxylic acids is 1. The van der Waals surface area contributed by atoms with Gasteiger partial charge in [0.1, 0.15) is 0 Å². The van der Waals surface area contributed by atoms with Gasteiger partial charge in [0.25, 0.3) is 0 Å². The van der Waals surface area contributed by atoms with E-state index in [0.29, 0.717) is 37.5 Å². The van der Waals surface area contributed by atoms with Crippen molar-refractivity contribution < 1.29 is 13.2 Å². The summed E-state index contributed by atoms with van der Waals surface area (Å²) in [5, 5.41) is 6.85. The van der Waals surface area contributed by atoms with Crippen LogP contribution in [0, 0.1) is 0 Å². The smallest absolute Gasteiger partial charge is 0.241 e. The van der Waals surface area contributed by atoms with Crippen LogP contribution in [0.15, 0.2) is 24.3 Å². The lowest BCUT2D eigenvalue weighted by molar-refractivity contribution is -0.124. The van der Waals surface area contributed by atoms with Crippen LogP contribution < -0.4 is 10.6 Å². The van der Waals surface area contributed by atoms with E-state index >= 15 is 0 Å².